The number of nitrogens with one attached hydrogen (secondary N) is 1. The molecule has 1 heterocycles. The van der Waals surface area contributed by atoms with Crippen LogP contribution in [0.25, 0.3) is 0 Å². The SMILES string of the molecule is CC(C)NC(=O)c1ccc(S(=O)(=O)N2CCc3ccccc3C2)cc1. The van der Waals surface area contributed by atoms with Gasteiger partial charge in [0.05, 0.1) is 4.90 Å². The Morgan fingerprint density at radius 1 is 1.04 bits per heavy atom. The van der Waals surface area contributed by atoms with Gasteiger partial charge in [0.25, 0.3) is 5.91 Å². The third-order valence-corrected chi connectivity index (χ3v) is 6.13. The predicted molar refractivity (Wildman–Crippen MR) is 96.8 cm³/mol. The molecule has 2 aromatic carbocycles. The standard InChI is InChI=1S/C19H22N2O3S/c1-14(2)20-19(22)16-7-9-18(10-8-16)25(23,24)21-12-11-15-5-3-4-6-17(15)13-21/h3-10,14H,11-13H2,1-2H3,(H,20,22). The van der Waals surface area contributed by atoms with Gasteiger partial charge in [0.15, 0.2) is 0 Å². The minimum absolute atomic E-state index is 0.0318. The number of carbonyl (C=O) groups is 1. The van der Waals surface area contributed by atoms with Crippen LogP contribution in [-0.4, -0.2) is 31.2 Å². The Balaban J connectivity index is 1.80. The molecule has 0 saturated carbocycles. The summed E-state index contributed by atoms with van der Waals surface area (Å²) in [5.41, 5.74) is 2.71. The van der Waals surface area contributed by atoms with Crippen LogP contribution in [-0.2, 0) is 23.0 Å². The predicted octanol–water partition coefficient (Wildman–Crippen LogP) is 2.57. The van der Waals surface area contributed by atoms with Gasteiger partial charge in [-0.3, -0.25) is 4.79 Å². The van der Waals surface area contributed by atoms with E-state index in [1.807, 2.05) is 38.1 Å². The maximum atomic E-state index is 12.9. The first-order valence-electron chi connectivity index (χ1n) is 8.36. The molecule has 25 heavy (non-hydrogen) atoms. The summed E-state index contributed by atoms with van der Waals surface area (Å²) in [6.07, 6.45) is 0.713. The van der Waals surface area contributed by atoms with Crippen molar-refractivity contribution in [1.29, 1.82) is 0 Å². The van der Waals surface area contributed by atoms with Crippen molar-refractivity contribution in [2.45, 2.75) is 37.8 Å². The number of sulfonamides is 1. The molecule has 1 amide bonds. The molecule has 5 nitrogen and oxygen atoms in total. The third-order valence-electron chi connectivity index (χ3n) is 4.27. The average Bonchev–Trinajstić information content (AvgIpc) is 2.61. The van der Waals surface area contributed by atoms with Gasteiger partial charge in [-0.1, -0.05) is 24.3 Å². The number of fused-ring (bicyclic) bond motifs is 1. The van der Waals surface area contributed by atoms with E-state index in [9.17, 15) is 13.2 Å². The fraction of sp³-hybridized carbons (Fsp3) is 0.316. The first-order chi connectivity index (χ1) is 11.9. The molecular formula is C19H22N2O3S. The zero-order valence-corrected chi connectivity index (χ0v) is 15.2. The molecule has 132 valence electrons. The monoisotopic (exact) mass is 358 g/mol. The molecule has 0 unspecified atom stereocenters. The van der Waals surface area contributed by atoms with Gasteiger partial charge >= 0.3 is 0 Å². The molecule has 6 heteroatoms. The highest BCUT2D eigenvalue weighted by atomic mass is 32.2. The second kappa shape index (κ2) is 6.98. The lowest BCUT2D eigenvalue weighted by atomic mass is 10.0. The van der Waals surface area contributed by atoms with E-state index in [-0.39, 0.29) is 16.8 Å². The van der Waals surface area contributed by atoms with E-state index in [4.69, 9.17) is 0 Å². The number of benzene rings is 2. The van der Waals surface area contributed by atoms with E-state index in [0.29, 0.717) is 25.1 Å². The van der Waals surface area contributed by atoms with E-state index in [0.717, 1.165) is 5.56 Å². The fourth-order valence-corrected chi connectivity index (χ4v) is 4.37. The van der Waals surface area contributed by atoms with Crippen LogP contribution >= 0.6 is 0 Å². The largest absolute Gasteiger partial charge is 0.350 e. The summed E-state index contributed by atoms with van der Waals surface area (Å²) < 4.78 is 27.3. The van der Waals surface area contributed by atoms with Crippen LogP contribution in [0.5, 0.6) is 0 Å². The molecule has 0 atom stereocenters. The number of hydrogen-bond acceptors (Lipinski definition) is 3. The van der Waals surface area contributed by atoms with Gasteiger partial charge in [0.2, 0.25) is 10.0 Å². The van der Waals surface area contributed by atoms with Crippen LogP contribution < -0.4 is 5.32 Å². The summed E-state index contributed by atoms with van der Waals surface area (Å²) in [6, 6.07) is 14.1. The van der Waals surface area contributed by atoms with E-state index in [1.165, 1.54) is 22.0 Å². The molecular weight excluding hydrogens is 336 g/mol. The highest BCUT2D eigenvalue weighted by Gasteiger charge is 2.28. The zero-order chi connectivity index (χ0) is 18.0. The first kappa shape index (κ1) is 17.6. The number of rotatable bonds is 4. The zero-order valence-electron chi connectivity index (χ0n) is 14.4. The maximum absolute atomic E-state index is 12.9. The maximum Gasteiger partial charge on any atom is 0.251 e. The lowest BCUT2D eigenvalue weighted by Gasteiger charge is -2.28. The van der Waals surface area contributed by atoms with Gasteiger partial charge in [-0.15, -0.1) is 0 Å². The Morgan fingerprint density at radius 3 is 2.32 bits per heavy atom. The molecule has 0 aromatic heterocycles. The summed E-state index contributed by atoms with van der Waals surface area (Å²) in [6.45, 7) is 4.61. The Morgan fingerprint density at radius 2 is 1.68 bits per heavy atom. The van der Waals surface area contributed by atoms with Crippen molar-refractivity contribution in [3.8, 4) is 0 Å². The Bertz CT molecular complexity index is 874. The molecule has 0 saturated heterocycles. The molecule has 2 aromatic rings. The molecule has 0 aliphatic carbocycles. The van der Waals surface area contributed by atoms with Crippen LogP contribution in [0.15, 0.2) is 53.4 Å². The third kappa shape index (κ3) is 3.75. The normalized spacial score (nSPS) is 15.0. The molecule has 1 aliphatic rings. The Kier molecular flexibility index (Phi) is 4.92. The van der Waals surface area contributed by atoms with Crippen molar-refractivity contribution in [2.24, 2.45) is 0 Å². The van der Waals surface area contributed by atoms with Gasteiger partial charge in [-0.05, 0) is 55.7 Å². The van der Waals surface area contributed by atoms with Gasteiger partial charge in [0.1, 0.15) is 0 Å². The van der Waals surface area contributed by atoms with Gasteiger partial charge in [0, 0.05) is 24.7 Å². The topological polar surface area (TPSA) is 66.5 Å². The fourth-order valence-electron chi connectivity index (χ4n) is 2.95. The lowest BCUT2D eigenvalue weighted by Crippen LogP contribution is -2.36. The van der Waals surface area contributed by atoms with Crippen molar-refractivity contribution < 1.29 is 13.2 Å². The van der Waals surface area contributed by atoms with Crippen LogP contribution in [0.4, 0.5) is 0 Å². The smallest absolute Gasteiger partial charge is 0.251 e. The minimum atomic E-state index is -3.57. The van der Waals surface area contributed by atoms with Crippen LogP contribution in [0.2, 0.25) is 0 Å². The summed E-state index contributed by atoms with van der Waals surface area (Å²) in [7, 11) is -3.57. The van der Waals surface area contributed by atoms with Crippen molar-refractivity contribution in [3.05, 3.63) is 65.2 Å². The van der Waals surface area contributed by atoms with Crippen LogP contribution in [0, 0.1) is 0 Å². The number of carbonyl (C=O) groups excluding carboxylic acids is 1. The van der Waals surface area contributed by atoms with E-state index in [2.05, 4.69) is 5.32 Å². The molecule has 1 N–H and O–H groups in total. The van der Waals surface area contributed by atoms with Gasteiger partial charge in [-0.25, -0.2) is 8.42 Å². The first-order valence-corrected chi connectivity index (χ1v) is 9.80. The highest BCUT2D eigenvalue weighted by molar-refractivity contribution is 7.89. The van der Waals surface area contributed by atoms with Crippen molar-refractivity contribution in [3.63, 3.8) is 0 Å². The molecule has 0 bridgehead atoms. The summed E-state index contributed by atoms with van der Waals surface area (Å²) >= 11 is 0. The molecule has 1 aliphatic heterocycles. The number of amides is 1. The second-order valence-corrected chi connectivity index (χ2v) is 8.45. The highest BCUT2D eigenvalue weighted by Crippen LogP contribution is 2.25. The Hall–Kier alpha value is -2.18. The van der Waals surface area contributed by atoms with Gasteiger partial charge in [-0.2, -0.15) is 4.31 Å². The summed E-state index contributed by atoms with van der Waals surface area (Å²) in [5.74, 6) is -0.203. The van der Waals surface area contributed by atoms with E-state index >= 15 is 0 Å². The Labute approximate surface area is 148 Å². The van der Waals surface area contributed by atoms with Crippen molar-refractivity contribution in [2.75, 3.05) is 6.54 Å². The van der Waals surface area contributed by atoms with Crippen molar-refractivity contribution in [1.82, 2.24) is 9.62 Å². The van der Waals surface area contributed by atoms with Crippen molar-refractivity contribution >= 4 is 15.9 Å². The van der Waals surface area contributed by atoms with Crippen LogP contribution in [0.3, 0.4) is 0 Å². The van der Waals surface area contributed by atoms with Gasteiger partial charge < -0.3 is 5.32 Å². The van der Waals surface area contributed by atoms with Crippen LogP contribution in [0.1, 0.15) is 35.3 Å². The lowest BCUT2D eigenvalue weighted by molar-refractivity contribution is 0.0943. The van der Waals surface area contributed by atoms with E-state index < -0.39 is 10.0 Å². The molecule has 0 radical (unpaired) electrons. The molecule has 0 fully saturated rings. The average molecular weight is 358 g/mol. The quantitative estimate of drug-likeness (QED) is 0.913. The molecule has 3 rings (SSSR count). The summed E-state index contributed by atoms with van der Waals surface area (Å²) in [5, 5.41) is 2.79. The minimum Gasteiger partial charge on any atom is -0.350 e. The summed E-state index contributed by atoms with van der Waals surface area (Å²) in [4.78, 5) is 12.2. The molecule has 0 spiro atoms. The number of hydrogen-bond donors (Lipinski definition) is 1. The second-order valence-electron chi connectivity index (χ2n) is 6.51. The van der Waals surface area contributed by atoms with E-state index in [1.54, 1.807) is 12.1 Å². The number of nitrogens with zero attached hydrogens (tertiary/aromatic N) is 1.